The molecule has 43 heavy (non-hydrogen) atoms. The molecule has 1 saturated carbocycles. The number of hydrogen-bond acceptors (Lipinski definition) is 3. The highest BCUT2D eigenvalue weighted by atomic mass is 16.3. The second kappa shape index (κ2) is 11.1. The molecule has 1 aromatic heterocycles. The average Bonchev–Trinajstić information content (AvgIpc) is 3.45. The Labute approximate surface area is 255 Å². The van der Waals surface area contributed by atoms with Gasteiger partial charge >= 0.3 is 0 Å². The van der Waals surface area contributed by atoms with Crippen LogP contribution in [-0.4, -0.2) is 12.1 Å². The summed E-state index contributed by atoms with van der Waals surface area (Å²) in [5.41, 5.74) is 14.6. The van der Waals surface area contributed by atoms with Gasteiger partial charge in [-0.25, -0.2) is 0 Å². The molecule has 1 heterocycles. The smallest absolute Gasteiger partial charge is 0.130 e. The summed E-state index contributed by atoms with van der Waals surface area (Å²) in [7, 11) is 0. The van der Waals surface area contributed by atoms with Crippen molar-refractivity contribution in [1.82, 2.24) is 5.32 Å². The van der Waals surface area contributed by atoms with Gasteiger partial charge in [-0.2, -0.15) is 0 Å². The number of nitrogens with two attached hydrogens (primary N) is 1. The van der Waals surface area contributed by atoms with E-state index in [0.717, 1.165) is 30.4 Å². The lowest BCUT2D eigenvalue weighted by atomic mass is 9.58. The Balaban J connectivity index is 1.05. The van der Waals surface area contributed by atoms with Crippen molar-refractivity contribution in [1.29, 1.82) is 0 Å². The predicted molar refractivity (Wildman–Crippen MR) is 177 cm³/mol. The van der Waals surface area contributed by atoms with Crippen molar-refractivity contribution in [3.8, 4) is 11.1 Å². The molecule has 0 amide bonds. The van der Waals surface area contributed by atoms with E-state index in [0.29, 0.717) is 29.6 Å². The van der Waals surface area contributed by atoms with E-state index in [1.807, 2.05) is 0 Å². The Kier molecular flexibility index (Phi) is 6.96. The quantitative estimate of drug-likeness (QED) is 0.329. The molecule has 3 aromatic rings. The molecule has 0 aliphatic heterocycles. The standard InChI is InChI=1S/C40H42N2O/c1-25(42-40-35-18-5-3-15-32(35)31-14-2-4-17-34(31)39(40)41)26-10-8-11-27(22-26)28-12-9-13-29(23-28)30-20-21-38-36(24-30)33-16-6-7-19-37(33)43-38/h2,4-6,8-14,16-18,21-25,30-32,34-35,39-40,42H,3,7,15,19-20,41H2,1H3. The first kappa shape index (κ1) is 26.9. The first-order valence-corrected chi connectivity index (χ1v) is 16.4. The van der Waals surface area contributed by atoms with Gasteiger partial charge in [-0.1, -0.05) is 97.1 Å². The summed E-state index contributed by atoms with van der Waals surface area (Å²) in [5.74, 6) is 3.59. The number of rotatable bonds is 5. The maximum Gasteiger partial charge on any atom is 0.130 e. The molecule has 8 rings (SSSR count). The van der Waals surface area contributed by atoms with Crippen LogP contribution in [-0.2, 0) is 6.42 Å². The summed E-state index contributed by atoms with van der Waals surface area (Å²) >= 11 is 0. The van der Waals surface area contributed by atoms with Crippen LogP contribution in [0.2, 0.25) is 0 Å². The van der Waals surface area contributed by atoms with Crippen molar-refractivity contribution in [2.75, 3.05) is 0 Å². The fourth-order valence-electron chi connectivity index (χ4n) is 8.58. The zero-order valence-corrected chi connectivity index (χ0v) is 25.0. The molecule has 0 bridgehead atoms. The summed E-state index contributed by atoms with van der Waals surface area (Å²) in [5, 5.41) is 5.31. The molecule has 8 atom stereocenters. The number of fused-ring (bicyclic) bond motifs is 6. The molecular weight excluding hydrogens is 524 g/mol. The summed E-state index contributed by atoms with van der Waals surface area (Å²) in [6.45, 7) is 2.30. The third-order valence-corrected chi connectivity index (χ3v) is 10.8. The van der Waals surface area contributed by atoms with Gasteiger partial charge in [-0.05, 0) is 84.8 Å². The molecule has 3 heteroatoms. The van der Waals surface area contributed by atoms with Gasteiger partial charge in [-0.3, -0.25) is 0 Å². The first-order valence-electron chi connectivity index (χ1n) is 16.4. The van der Waals surface area contributed by atoms with E-state index < -0.39 is 0 Å². The van der Waals surface area contributed by atoms with Crippen LogP contribution in [0.15, 0.2) is 95.5 Å². The highest BCUT2D eigenvalue weighted by molar-refractivity contribution is 5.67. The molecule has 0 spiro atoms. The van der Waals surface area contributed by atoms with E-state index in [4.69, 9.17) is 10.2 Å². The van der Waals surface area contributed by atoms with Crippen molar-refractivity contribution < 1.29 is 4.42 Å². The Bertz CT molecular complexity index is 1770. The molecule has 218 valence electrons. The van der Waals surface area contributed by atoms with E-state index >= 15 is 0 Å². The SMILES string of the molecule is CC(NC1C(N)C2C=CC=CC2C2CCC=CC21)c1cccc(-c2cccc(C3C=c4c5c(oc4=CC3)CCC=C5)c2)c1. The fraction of sp³-hybridized carbons (Fsp3) is 0.350. The van der Waals surface area contributed by atoms with Crippen molar-refractivity contribution in [2.24, 2.45) is 29.4 Å². The summed E-state index contributed by atoms with van der Waals surface area (Å²) in [4.78, 5) is 0. The van der Waals surface area contributed by atoms with E-state index in [9.17, 15) is 0 Å². The molecule has 1 fully saturated rings. The first-order chi connectivity index (χ1) is 21.1. The number of hydrogen-bond donors (Lipinski definition) is 2. The second-order valence-corrected chi connectivity index (χ2v) is 13.3. The van der Waals surface area contributed by atoms with Gasteiger partial charge in [0.25, 0.3) is 0 Å². The Morgan fingerprint density at radius 2 is 1.74 bits per heavy atom. The van der Waals surface area contributed by atoms with Crippen LogP contribution < -0.4 is 21.7 Å². The third-order valence-electron chi connectivity index (χ3n) is 10.8. The third kappa shape index (κ3) is 4.83. The number of furan rings is 1. The zero-order valence-electron chi connectivity index (χ0n) is 25.0. The maximum absolute atomic E-state index is 7.04. The molecule has 0 saturated heterocycles. The van der Waals surface area contributed by atoms with Gasteiger partial charge in [0.2, 0.25) is 0 Å². The largest absolute Gasteiger partial charge is 0.461 e. The second-order valence-electron chi connectivity index (χ2n) is 13.3. The van der Waals surface area contributed by atoms with Crippen molar-refractivity contribution in [3.05, 3.63) is 124 Å². The molecule has 8 unspecified atom stereocenters. The molecule has 0 radical (unpaired) electrons. The number of nitrogens with one attached hydrogen (secondary N) is 1. The predicted octanol–water partition coefficient (Wildman–Crippen LogP) is 6.96. The van der Waals surface area contributed by atoms with Crippen molar-refractivity contribution in [3.63, 3.8) is 0 Å². The monoisotopic (exact) mass is 566 g/mol. The van der Waals surface area contributed by atoms with Crippen molar-refractivity contribution in [2.45, 2.75) is 63.1 Å². The van der Waals surface area contributed by atoms with Gasteiger partial charge in [0.15, 0.2) is 0 Å². The van der Waals surface area contributed by atoms with Crippen LogP contribution in [0.1, 0.15) is 67.0 Å². The van der Waals surface area contributed by atoms with Crippen molar-refractivity contribution >= 4 is 18.2 Å². The summed E-state index contributed by atoms with van der Waals surface area (Å²) in [6, 6.07) is 18.8. The van der Waals surface area contributed by atoms with E-state index in [1.54, 1.807) is 0 Å². The zero-order chi connectivity index (χ0) is 28.9. The molecule has 5 aliphatic rings. The molecular formula is C40H42N2O. The Hall–Kier alpha value is -3.66. The Morgan fingerprint density at radius 1 is 0.907 bits per heavy atom. The average molecular weight is 567 g/mol. The maximum atomic E-state index is 7.04. The van der Waals surface area contributed by atoms with Crippen LogP contribution in [0.25, 0.3) is 29.4 Å². The van der Waals surface area contributed by atoms with E-state index in [2.05, 4.69) is 122 Å². The molecule has 3 N–H and O–H groups in total. The minimum Gasteiger partial charge on any atom is -0.461 e. The Morgan fingerprint density at radius 3 is 2.65 bits per heavy atom. The molecule has 5 aliphatic carbocycles. The van der Waals surface area contributed by atoms with E-state index in [1.165, 1.54) is 45.9 Å². The lowest BCUT2D eigenvalue weighted by Gasteiger charge is -2.51. The minimum absolute atomic E-state index is 0.0953. The van der Waals surface area contributed by atoms with Crippen LogP contribution in [0.4, 0.5) is 0 Å². The summed E-state index contributed by atoms with van der Waals surface area (Å²) in [6.07, 6.45) is 28.7. The van der Waals surface area contributed by atoms with Crippen LogP contribution >= 0.6 is 0 Å². The molecule has 3 nitrogen and oxygen atoms in total. The summed E-state index contributed by atoms with van der Waals surface area (Å²) < 4.78 is 6.20. The number of benzene rings is 2. The molecule has 2 aromatic carbocycles. The normalized spacial score (nSPS) is 30.8. The highest BCUT2D eigenvalue weighted by Crippen LogP contribution is 2.46. The van der Waals surface area contributed by atoms with Gasteiger partial charge in [0.1, 0.15) is 11.2 Å². The van der Waals surface area contributed by atoms with Gasteiger partial charge in [0, 0.05) is 47.2 Å². The lowest BCUT2D eigenvalue weighted by molar-refractivity contribution is 0.0922. The van der Waals surface area contributed by atoms with Crippen LogP contribution in [0.5, 0.6) is 0 Å². The topological polar surface area (TPSA) is 51.2 Å². The highest BCUT2D eigenvalue weighted by Gasteiger charge is 2.47. The lowest BCUT2D eigenvalue weighted by Crippen LogP contribution is -2.61. The van der Waals surface area contributed by atoms with Crippen LogP contribution in [0, 0.1) is 23.7 Å². The van der Waals surface area contributed by atoms with Crippen LogP contribution in [0.3, 0.4) is 0 Å². The number of allylic oxidation sites excluding steroid dienone is 5. The minimum atomic E-state index is 0.0953. The number of aryl methyl sites for hydroxylation is 1. The van der Waals surface area contributed by atoms with Gasteiger partial charge in [0.05, 0.1) is 0 Å². The van der Waals surface area contributed by atoms with E-state index in [-0.39, 0.29) is 18.1 Å². The fourth-order valence-corrected chi connectivity index (χ4v) is 8.58. The van der Waals surface area contributed by atoms with Gasteiger partial charge < -0.3 is 15.5 Å². The van der Waals surface area contributed by atoms with Gasteiger partial charge in [-0.15, -0.1) is 0 Å².